The number of para-hydroxylation sites is 1. The second kappa shape index (κ2) is 11.7. The van der Waals surface area contributed by atoms with Gasteiger partial charge < -0.3 is 15.2 Å². The van der Waals surface area contributed by atoms with E-state index in [4.69, 9.17) is 0 Å². The molecule has 2 amide bonds. The van der Waals surface area contributed by atoms with E-state index in [1.807, 2.05) is 23.1 Å². The Morgan fingerprint density at radius 3 is 2.55 bits per heavy atom. The Morgan fingerprint density at radius 1 is 1.06 bits per heavy atom. The molecule has 3 rings (SSSR count). The summed E-state index contributed by atoms with van der Waals surface area (Å²) in [5.74, 6) is 0.268. The lowest BCUT2D eigenvalue weighted by Crippen LogP contribution is -2.33. The van der Waals surface area contributed by atoms with Crippen LogP contribution < -0.4 is 5.32 Å². The number of aromatic nitrogens is 1. The highest BCUT2D eigenvalue weighted by molar-refractivity contribution is 7.10. The number of thiophene rings is 1. The molecule has 0 aliphatic rings. The number of H-pyrrole nitrogens is 1. The second-order valence-corrected chi connectivity index (χ2v) is 8.88. The van der Waals surface area contributed by atoms with E-state index < -0.39 is 0 Å². The predicted octanol–water partition coefficient (Wildman–Crippen LogP) is 5.30. The molecule has 0 spiro atoms. The molecule has 166 valence electrons. The fourth-order valence-corrected chi connectivity index (χ4v) is 4.85. The third-order valence-electron chi connectivity index (χ3n) is 5.52. The number of amides is 2. The lowest BCUT2D eigenvalue weighted by Gasteiger charge is -2.21. The van der Waals surface area contributed by atoms with Crippen LogP contribution >= 0.6 is 11.3 Å². The monoisotopic (exact) mass is 439 g/mol. The first kappa shape index (κ1) is 23.1. The smallest absolute Gasteiger partial charge is 0.222 e. The summed E-state index contributed by atoms with van der Waals surface area (Å²) >= 11 is 1.71. The quantitative estimate of drug-likeness (QED) is 0.402. The number of carbonyl (C=O) groups is 2. The normalized spacial score (nSPS) is 12.1. The first-order chi connectivity index (χ1) is 15.1. The van der Waals surface area contributed by atoms with E-state index in [1.54, 1.807) is 11.3 Å². The molecule has 1 aromatic carbocycles. The fraction of sp³-hybridized carbons (Fsp3) is 0.440. The Bertz CT molecular complexity index is 958. The number of hydrogen-bond donors (Lipinski definition) is 2. The van der Waals surface area contributed by atoms with Crippen LogP contribution in [0.15, 0.2) is 48.0 Å². The average molecular weight is 440 g/mol. The number of nitrogens with one attached hydrogen (secondary N) is 2. The van der Waals surface area contributed by atoms with Crippen molar-refractivity contribution >= 4 is 34.1 Å². The number of carbonyl (C=O) groups excluding carboxylic acids is 2. The zero-order valence-corrected chi connectivity index (χ0v) is 19.3. The minimum atomic E-state index is 0.00623. The minimum absolute atomic E-state index is 0.00623. The van der Waals surface area contributed by atoms with Gasteiger partial charge in [-0.05, 0) is 42.3 Å². The SMILES string of the molecule is CCCN(CCC)C(=O)CCCC(=O)NCC(c1cccs1)c1c[nH]c2ccccc12. The van der Waals surface area contributed by atoms with E-state index in [1.165, 1.54) is 15.8 Å². The molecule has 31 heavy (non-hydrogen) atoms. The van der Waals surface area contributed by atoms with Gasteiger partial charge in [0.2, 0.25) is 11.8 Å². The summed E-state index contributed by atoms with van der Waals surface area (Å²) in [7, 11) is 0. The van der Waals surface area contributed by atoms with Crippen LogP contribution in [0, 0.1) is 0 Å². The Kier molecular flexibility index (Phi) is 8.71. The van der Waals surface area contributed by atoms with Gasteiger partial charge in [0.15, 0.2) is 0 Å². The van der Waals surface area contributed by atoms with Gasteiger partial charge in [0.05, 0.1) is 0 Å². The van der Waals surface area contributed by atoms with Crippen molar-refractivity contribution in [2.75, 3.05) is 19.6 Å². The molecule has 1 atom stereocenters. The predicted molar refractivity (Wildman–Crippen MR) is 128 cm³/mol. The maximum atomic E-state index is 12.5. The molecular formula is C25H33N3O2S. The molecule has 2 aromatic heterocycles. The summed E-state index contributed by atoms with van der Waals surface area (Å²) in [5.41, 5.74) is 2.30. The third kappa shape index (κ3) is 6.20. The molecule has 2 heterocycles. The molecule has 0 aliphatic carbocycles. The van der Waals surface area contributed by atoms with Gasteiger partial charge in [0.25, 0.3) is 0 Å². The van der Waals surface area contributed by atoms with Crippen molar-refractivity contribution in [2.24, 2.45) is 0 Å². The van der Waals surface area contributed by atoms with Crippen molar-refractivity contribution in [3.05, 3.63) is 58.4 Å². The zero-order valence-electron chi connectivity index (χ0n) is 18.5. The van der Waals surface area contributed by atoms with Crippen molar-refractivity contribution in [2.45, 2.75) is 51.9 Å². The van der Waals surface area contributed by atoms with Crippen LogP contribution in [0.1, 0.15) is 62.3 Å². The molecule has 0 bridgehead atoms. The molecular weight excluding hydrogens is 406 g/mol. The van der Waals surface area contributed by atoms with Gasteiger partial charge in [-0.2, -0.15) is 0 Å². The Morgan fingerprint density at radius 2 is 1.84 bits per heavy atom. The van der Waals surface area contributed by atoms with Crippen LogP contribution in [0.5, 0.6) is 0 Å². The molecule has 2 N–H and O–H groups in total. The summed E-state index contributed by atoms with van der Waals surface area (Å²) in [4.78, 5) is 31.4. The van der Waals surface area contributed by atoms with E-state index in [0.717, 1.165) is 31.4 Å². The second-order valence-electron chi connectivity index (χ2n) is 7.90. The molecule has 1 unspecified atom stereocenters. The number of benzene rings is 1. The highest BCUT2D eigenvalue weighted by atomic mass is 32.1. The summed E-state index contributed by atoms with van der Waals surface area (Å²) in [6.45, 7) is 6.31. The van der Waals surface area contributed by atoms with Gasteiger partial charge >= 0.3 is 0 Å². The molecule has 0 saturated carbocycles. The van der Waals surface area contributed by atoms with Crippen molar-refractivity contribution in [3.8, 4) is 0 Å². The summed E-state index contributed by atoms with van der Waals surface area (Å²) < 4.78 is 0. The van der Waals surface area contributed by atoms with E-state index in [0.29, 0.717) is 25.8 Å². The molecule has 3 aromatic rings. The number of rotatable bonds is 12. The van der Waals surface area contributed by atoms with Gasteiger partial charge in [0.1, 0.15) is 0 Å². The summed E-state index contributed by atoms with van der Waals surface area (Å²) in [6.07, 6.45) is 5.38. The van der Waals surface area contributed by atoms with Gasteiger partial charge in [-0.15, -0.1) is 11.3 Å². The first-order valence-electron chi connectivity index (χ1n) is 11.3. The summed E-state index contributed by atoms with van der Waals surface area (Å²) in [5, 5.41) is 6.37. The van der Waals surface area contributed by atoms with Crippen LogP contribution in [0.25, 0.3) is 10.9 Å². The topological polar surface area (TPSA) is 65.2 Å². The molecule has 0 fully saturated rings. The van der Waals surface area contributed by atoms with Crippen molar-refractivity contribution in [1.82, 2.24) is 15.2 Å². The van der Waals surface area contributed by atoms with Gasteiger partial charge in [-0.3, -0.25) is 9.59 Å². The minimum Gasteiger partial charge on any atom is -0.361 e. The molecule has 0 radical (unpaired) electrons. The van der Waals surface area contributed by atoms with Crippen LogP contribution in [0.4, 0.5) is 0 Å². The summed E-state index contributed by atoms with van der Waals surface area (Å²) in [6, 6.07) is 12.4. The maximum Gasteiger partial charge on any atom is 0.222 e. The van der Waals surface area contributed by atoms with E-state index in [2.05, 4.69) is 53.9 Å². The maximum absolute atomic E-state index is 12.5. The Balaban J connectivity index is 1.56. The standard InChI is InChI=1S/C25H33N3O2S/c1-3-14-28(15-4-2)25(30)13-7-12-24(29)27-18-21(23-11-8-16-31-23)20-17-26-22-10-6-5-9-19(20)22/h5-6,8-11,16-17,21,26H,3-4,7,12-15,18H2,1-2H3,(H,27,29). The Labute approximate surface area is 188 Å². The van der Waals surface area contributed by atoms with Crippen molar-refractivity contribution in [1.29, 1.82) is 0 Å². The Hall–Kier alpha value is -2.60. The zero-order chi connectivity index (χ0) is 22.1. The third-order valence-corrected chi connectivity index (χ3v) is 6.51. The molecule has 0 saturated heterocycles. The van der Waals surface area contributed by atoms with Crippen LogP contribution in [-0.4, -0.2) is 41.3 Å². The highest BCUT2D eigenvalue weighted by Crippen LogP contribution is 2.32. The number of fused-ring (bicyclic) bond motifs is 1. The molecule has 6 heteroatoms. The van der Waals surface area contributed by atoms with E-state index >= 15 is 0 Å². The average Bonchev–Trinajstić information content (AvgIpc) is 3.45. The van der Waals surface area contributed by atoms with Gasteiger partial charge in [0, 0.05) is 60.4 Å². The molecule has 5 nitrogen and oxygen atoms in total. The van der Waals surface area contributed by atoms with Crippen LogP contribution in [0.2, 0.25) is 0 Å². The largest absolute Gasteiger partial charge is 0.361 e. The van der Waals surface area contributed by atoms with Gasteiger partial charge in [-0.1, -0.05) is 38.1 Å². The lowest BCUT2D eigenvalue weighted by atomic mass is 9.96. The van der Waals surface area contributed by atoms with Crippen LogP contribution in [-0.2, 0) is 9.59 Å². The highest BCUT2D eigenvalue weighted by Gasteiger charge is 2.20. The van der Waals surface area contributed by atoms with Crippen molar-refractivity contribution < 1.29 is 9.59 Å². The number of hydrogen-bond acceptors (Lipinski definition) is 3. The van der Waals surface area contributed by atoms with Crippen LogP contribution in [0.3, 0.4) is 0 Å². The van der Waals surface area contributed by atoms with E-state index in [9.17, 15) is 9.59 Å². The first-order valence-corrected chi connectivity index (χ1v) is 12.2. The van der Waals surface area contributed by atoms with E-state index in [-0.39, 0.29) is 17.7 Å². The number of nitrogens with zero attached hydrogens (tertiary/aromatic N) is 1. The van der Waals surface area contributed by atoms with Gasteiger partial charge in [-0.25, -0.2) is 0 Å². The number of aromatic amines is 1. The molecule has 0 aliphatic heterocycles. The van der Waals surface area contributed by atoms with Crippen molar-refractivity contribution in [3.63, 3.8) is 0 Å². The lowest BCUT2D eigenvalue weighted by molar-refractivity contribution is -0.131. The fourth-order valence-electron chi connectivity index (χ4n) is 4.00.